The normalized spacial score (nSPS) is 10.7. The van der Waals surface area contributed by atoms with Gasteiger partial charge in [-0.25, -0.2) is 4.98 Å². The Balaban J connectivity index is 1.61. The van der Waals surface area contributed by atoms with Crippen molar-refractivity contribution in [3.63, 3.8) is 0 Å². The van der Waals surface area contributed by atoms with Crippen LogP contribution < -0.4 is 15.4 Å². The van der Waals surface area contributed by atoms with Crippen LogP contribution in [0.25, 0.3) is 0 Å². The van der Waals surface area contributed by atoms with Crippen molar-refractivity contribution in [1.29, 1.82) is 0 Å². The molecule has 2 aromatic carbocycles. The zero-order valence-electron chi connectivity index (χ0n) is 15.4. The van der Waals surface area contributed by atoms with Crippen molar-refractivity contribution < 1.29 is 4.74 Å². The Kier molecular flexibility index (Phi) is 6.49. The van der Waals surface area contributed by atoms with Crippen molar-refractivity contribution in [1.82, 2.24) is 9.97 Å². The summed E-state index contributed by atoms with van der Waals surface area (Å²) in [6.45, 7) is 4.77. The lowest BCUT2D eigenvalue weighted by Gasteiger charge is -2.15. The van der Waals surface area contributed by atoms with Crippen molar-refractivity contribution in [3.8, 4) is 5.75 Å². The van der Waals surface area contributed by atoms with Crippen molar-refractivity contribution in [3.05, 3.63) is 71.4 Å². The number of anilines is 3. The topological polar surface area (TPSA) is 59.1 Å². The van der Waals surface area contributed by atoms with Crippen molar-refractivity contribution >= 4 is 29.1 Å². The maximum absolute atomic E-state index is 5.92. The van der Waals surface area contributed by atoms with E-state index >= 15 is 0 Å². The first-order valence-electron chi connectivity index (χ1n) is 8.94. The number of hydrogen-bond donors (Lipinski definition) is 2. The maximum atomic E-state index is 5.92. The highest BCUT2D eigenvalue weighted by Gasteiger charge is 2.07. The predicted molar refractivity (Wildman–Crippen MR) is 111 cm³/mol. The molecule has 3 aromatic rings. The highest BCUT2D eigenvalue weighted by molar-refractivity contribution is 6.30. The van der Waals surface area contributed by atoms with E-state index in [-0.39, 0.29) is 6.10 Å². The number of hydrogen-bond acceptors (Lipinski definition) is 5. The summed E-state index contributed by atoms with van der Waals surface area (Å²) in [5.41, 5.74) is 2.06. The summed E-state index contributed by atoms with van der Waals surface area (Å²) < 4.78 is 5.83. The molecule has 6 heteroatoms. The molecular formula is C21H23ClN4O. The van der Waals surface area contributed by atoms with Gasteiger partial charge in [-0.15, -0.1) is 0 Å². The first kappa shape index (κ1) is 19.0. The van der Waals surface area contributed by atoms with Gasteiger partial charge in [0.15, 0.2) is 0 Å². The molecule has 1 heterocycles. The van der Waals surface area contributed by atoms with E-state index in [1.165, 1.54) is 5.56 Å². The Morgan fingerprint density at radius 1 is 1.04 bits per heavy atom. The molecule has 0 aliphatic carbocycles. The molecule has 0 amide bonds. The highest BCUT2D eigenvalue weighted by atomic mass is 35.5. The minimum absolute atomic E-state index is 0.0923. The fourth-order valence-electron chi connectivity index (χ4n) is 2.55. The van der Waals surface area contributed by atoms with Crippen LogP contribution in [0.3, 0.4) is 0 Å². The van der Waals surface area contributed by atoms with E-state index in [1.807, 2.05) is 68.4 Å². The summed E-state index contributed by atoms with van der Waals surface area (Å²) in [5.74, 6) is 2.06. The van der Waals surface area contributed by atoms with Crippen LogP contribution in [0.4, 0.5) is 17.5 Å². The third kappa shape index (κ3) is 5.86. The SMILES string of the molecule is CC(C)Oc1ccccc1Nc1nccc(NCCc2ccc(Cl)cc2)n1. The molecule has 0 radical (unpaired) electrons. The molecule has 5 nitrogen and oxygen atoms in total. The second kappa shape index (κ2) is 9.24. The Bertz CT molecular complexity index is 868. The molecule has 3 rings (SSSR count). The lowest BCUT2D eigenvalue weighted by atomic mass is 10.1. The molecule has 0 aliphatic heterocycles. The number of aromatic nitrogens is 2. The number of nitrogens with zero attached hydrogens (tertiary/aromatic N) is 2. The van der Waals surface area contributed by atoms with Gasteiger partial charge in [0, 0.05) is 17.8 Å². The first-order valence-corrected chi connectivity index (χ1v) is 9.32. The largest absolute Gasteiger partial charge is 0.489 e. The second-order valence-corrected chi connectivity index (χ2v) is 6.79. The van der Waals surface area contributed by atoms with Gasteiger partial charge < -0.3 is 15.4 Å². The molecule has 0 unspecified atom stereocenters. The van der Waals surface area contributed by atoms with Crippen LogP contribution in [0.5, 0.6) is 5.75 Å². The average Bonchev–Trinajstić information content (AvgIpc) is 2.65. The van der Waals surface area contributed by atoms with E-state index < -0.39 is 0 Å². The van der Waals surface area contributed by atoms with E-state index in [4.69, 9.17) is 16.3 Å². The highest BCUT2D eigenvalue weighted by Crippen LogP contribution is 2.27. The lowest BCUT2D eigenvalue weighted by Crippen LogP contribution is -2.09. The van der Waals surface area contributed by atoms with Crippen LogP contribution in [0, 0.1) is 0 Å². The number of benzene rings is 2. The van der Waals surface area contributed by atoms with Gasteiger partial charge in [-0.05, 0) is 56.2 Å². The van der Waals surface area contributed by atoms with Crippen LogP contribution in [0.2, 0.25) is 5.02 Å². The van der Waals surface area contributed by atoms with Crippen LogP contribution in [0.15, 0.2) is 60.8 Å². The smallest absolute Gasteiger partial charge is 0.229 e. The predicted octanol–water partition coefficient (Wildman–Crippen LogP) is 5.32. The average molecular weight is 383 g/mol. The quantitative estimate of drug-likeness (QED) is 0.552. The number of para-hydroxylation sites is 2. The molecule has 27 heavy (non-hydrogen) atoms. The van der Waals surface area contributed by atoms with Gasteiger partial charge in [0.2, 0.25) is 5.95 Å². The standard InChI is InChI=1S/C21H23ClN4O/c1-15(2)27-19-6-4-3-5-18(19)25-21-24-14-12-20(26-21)23-13-11-16-7-9-17(22)10-8-16/h3-10,12,14-15H,11,13H2,1-2H3,(H2,23,24,25,26). The van der Waals surface area contributed by atoms with Gasteiger partial charge in [-0.1, -0.05) is 35.9 Å². The molecule has 2 N–H and O–H groups in total. The summed E-state index contributed by atoms with van der Waals surface area (Å²) >= 11 is 5.92. The molecule has 0 saturated heterocycles. The van der Waals surface area contributed by atoms with Gasteiger partial charge in [0.25, 0.3) is 0 Å². The fraction of sp³-hybridized carbons (Fsp3) is 0.238. The first-order chi connectivity index (χ1) is 13.1. The van der Waals surface area contributed by atoms with E-state index in [0.29, 0.717) is 5.95 Å². The molecule has 0 bridgehead atoms. The monoisotopic (exact) mass is 382 g/mol. The van der Waals surface area contributed by atoms with E-state index in [9.17, 15) is 0 Å². The van der Waals surface area contributed by atoms with Gasteiger partial charge in [-0.3, -0.25) is 0 Å². The van der Waals surface area contributed by atoms with Gasteiger partial charge in [-0.2, -0.15) is 4.98 Å². The summed E-state index contributed by atoms with van der Waals surface area (Å²) in [5, 5.41) is 7.31. The van der Waals surface area contributed by atoms with Crippen LogP contribution in [0.1, 0.15) is 19.4 Å². The molecule has 1 aromatic heterocycles. The van der Waals surface area contributed by atoms with Crippen molar-refractivity contribution in [2.24, 2.45) is 0 Å². The van der Waals surface area contributed by atoms with Gasteiger partial charge in [0.1, 0.15) is 11.6 Å². The van der Waals surface area contributed by atoms with Gasteiger partial charge >= 0.3 is 0 Å². The number of nitrogens with one attached hydrogen (secondary N) is 2. The van der Waals surface area contributed by atoms with Crippen molar-refractivity contribution in [2.75, 3.05) is 17.2 Å². The minimum Gasteiger partial charge on any atom is -0.489 e. The zero-order valence-corrected chi connectivity index (χ0v) is 16.2. The minimum atomic E-state index is 0.0923. The summed E-state index contributed by atoms with van der Waals surface area (Å²) in [6.07, 6.45) is 2.70. The molecule has 0 aliphatic rings. The second-order valence-electron chi connectivity index (χ2n) is 6.36. The maximum Gasteiger partial charge on any atom is 0.229 e. The Morgan fingerprint density at radius 3 is 2.59 bits per heavy atom. The Hall–Kier alpha value is -2.79. The third-order valence-corrected chi connectivity index (χ3v) is 4.04. The number of halogens is 1. The number of ether oxygens (including phenoxy) is 1. The van der Waals surface area contributed by atoms with Crippen LogP contribution in [-0.4, -0.2) is 22.6 Å². The zero-order chi connectivity index (χ0) is 19.1. The van der Waals surface area contributed by atoms with E-state index in [2.05, 4.69) is 20.6 Å². The Labute approximate surface area is 164 Å². The molecule has 0 atom stereocenters. The molecular weight excluding hydrogens is 360 g/mol. The molecule has 0 spiro atoms. The van der Waals surface area contributed by atoms with E-state index in [0.717, 1.165) is 35.2 Å². The summed E-state index contributed by atoms with van der Waals surface area (Å²) in [7, 11) is 0. The summed E-state index contributed by atoms with van der Waals surface area (Å²) in [4.78, 5) is 8.82. The Morgan fingerprint density at radius 2 is 1.81 bits per heavy atom. The molecule has 0 fully saturated rings. The molecule has 140 valence electrons. The van der Waals surface area contributed by atoms with Crippen LogP contribution in [-0.2, 0) is 6.42 Å². The van der Waals surface area contributed by atoms with Crippen molar-refractivity contribution in [2.45, 2.75) is 26.4 Å². The van der Waals surface area contributed by atoms with Crippen LogP contribution >= 0.6 is 11.6 Å². The van der Waals surface area contributed by atoms with E-state index in [1.54, 1.807) is 6.20 Å². The summed E-state index contributed by atoms with van der Waals surface area (Å²) in [6, 6.07) is 17.5. The molecule has 0 saturated carbocycles. The van der Waals surface area contributed by atoms with Gasteiger partial charge in [0.05, 0.1) is 11.8 Å². The fourth-order valence-corrected chi connectivity index (χ4v) is 2.68. The third-order valence-electron chi connectivity index (χ3n) is 3.78. The number of rotatable bonds is 8. The lowest BCUT2D eigenvalue weighted by molar-refractivity contribution is 0.244.